The Morgan fingerprint density at radius 2 is 1.81 bits per heavy atom. The third-order valence-corrected chi connectivity index (χ3v) is 4.96. The number of hydrogen-bond donors (Lipinski definition) is 4. The van der Waals surface area contributed by atoms with Crippen LogP contribution in [0, 0.1) is 19.7 Å². The molecule has 1 unspecified atom stereocenters. The average molecular weight is 421 g/mol. The molecule has 0 spiro atoms. The molecule has 4 rings (SSSR count). The fraction of sp³-hybridized carbons (Fsp3) is 0.182. The summed E-state index contributed by atoms with van der Waals surface area (Å²) in [6, 6.07) is 11.8. The Labute approximate surface area is 176 Å². The Kier molecular flexibility index (Phi) is 5.24. The number of aromatic amines is 1. The van der Waals surface area contributed by atoms with Crippen LogP contribution in [0.4, 0.5) is 27.5 Å². The number of nitrogens with one attached hydrogen (secondary N) is 4. The largest absolute Gasteiger partial charge is 0.326 e. The lowest BCUT2D eigenvalue weighted by Gasteiger charge is -2.23. The van der Waals surface area contributed by atoms with Crippen molar-refractivity contribution in [2.24, 2.45) is 0 Å². The Balaban J connectivity index is 1.64. The molecule has 158 valence electrons. The topological polar surface area (TPSA) is 116 Å². The van der Waals surface area contributed by atoms with Gasteiger partial charge in [-0.25, -0.2) is 4.39 Å². The molecule has 0 fully saturated rings. The van der Waals surface area contributed by atoms with Crippen molar-refractivity contribution in [2.75, 3.05) is 16.0 Å². The van der Waals surface area contributed by atoms with Gasteiger partial charge in [0.25, 0.3) is 5.56 Å². The minimum atomic E-state index is -1.10. The Morgan fingerprint density at radius 3 is 2.52 bits per heavy atom. The molecule has 0 saturated heterocycles. The molecule has 31 heavy (non-hydrogen) atoms. The zero-order chi connectivity index (χ0) is 22.1. The van der Waals surface area contributed by atoms with Gasteiger partial charge in [0.2, 0.25) is 17.8 Å². The number of fused-ring (bicyclic) bond motifs is 1. The van der Waals surface area contributed by atoms with Gasteiger partial charge in [-0.1, -0.05) is 23.8 Å². The SMILES string of the molecule is Cc1ccc(Nc2nc3c(c(=O)[nH]2)C(C(=O)Nc2ccc(C)cc2F)CC(=O)N3)cc1. The molecule has 8 nitrogen and oxygen atoms in total. The first-order valence-corrected chi connectivity index (χ1v) is 9.65. The van der Waals surface area contributed by atoms with Crippen molar-refractivity contribution in [3.05, 3.63) is 75.3 Å². The van der Waals surface area contributed by atoms with E-state index in [0.29, 0.717) is 11.3 Å². The van der Waals surface area contributed by atoms with Gasteiger partial charge < -0.3 is 16.0 Å². The number of aryl methyl sites for hydroxylation is 2. The maximum Gasteiger partial charge on any atom is 0.258 e. The molecule has 2 heterocycles. The number of benzene rings is 2. The molecule has 1 aromatic heterocycles. The van der Waals surface area contributed by atoms with Crippen LogP contribution >= 0.6 is 0 Å². The summed E-state index contributed by atoms with van der Waals surface area (Å²) in [6.07, 6.45) is -0.248. The van der Waals surface area contributed by atoms with Crippen molar-refractivity contribution in [1.82, 2.24) is 9.97 Å². The van der Waals surface area contributed by atoms with E-state index in [4.69, 9.17) is 0 Å². The highest BCUT2D eigenvalue weighted by molar-refractivity contribution is 6.04. The highest BCUT2D eigenvalue weighted by Gasteiger charge is 2.35. The second-order valence-corrected chi connectivity index (χ2v) is 7.45. The molecule has 0 aliphatic carbocycles. The lowest BCUT2D eigenvalue weighted by atomic mass is 9.92. The van der Waals surface area contributed by atoms with Crippen molar-refractivity contribution < 1.29 is 14.0 Å². The van der Waals surface area contributed by atoms with Gasteiger partial charge in [0.1, 0.15) is 11.6 Å². The minimum Gasteiger partial charge on any atom is -0.326 e. The lowest BCUT2D eigenvalue weighted by molar-refractivity contribution is -0.123. The van der Waals surface area contributed by atoms with Crippen LogP contribution < -0.4 is 21.5 Å². The summed E-state index contributed by atoms with van der Waals surface area (Å²) in [5.74, 6) is -2.70. The number of amides is 2. The summed E-state index contributed by atoms with van der Waals surface area (Å²) in [4.78, 5) is 44.6. The van der Waals surface area contributed by atoms with Crippen molar-refractivity contribution in [2.45, 2.75) is 26.2 Å². The Bertz CT molecular complexity index is 1240. The van der Waals surface area contributed by atoms with E-state index in [-0.39, 0.29) is 29.4 Å². The first kappa shape index (κ1) is 20.3. The number of halogens is 1. The van der Waals surface area contributed by atoms with Crippen LogP contribution in [0.5, 0.6) is 0 Å². The predicted molar refractivity (Wildman–Crippen MR) is 115 cm³/mol. The van der Waals surface area contributed by atoms with Crippen LogP contribution in [-0.4, -0.2) is 21.8 Å². The molecule has 0 bridgehead atoms. The number of H-pyrrole nitrogens is 1. The van der Waals surface area contributed by atoms with Crippen LogP contribution in [-0.2, 0) is 9.59 Å². The van der Waals surface area contributed by atoms with Crippen molar-refractivity contribution in [1.29, 1.82) is 0 Å². The van der Waals surface area contributed by atoms with Gasteiger partial charge in [-0.05, 0) is 43.7 Å². The highest BCUT2D eigenvalue weighted by atomic mass is 19.1. The molecule has 3 aromatic rings. The van der Waals surface area contributed by atoms with Gasteiger partial charge in [-0.2, -0.15) is 4.98 Å². The first-order chi connectivity index (χ1) is 14.8. The van der Waals surface area contributed by atoms with Gasteiger partial charge in [-0.3, -0.25) is 19.4 Å². The van der Waals surface area contributed by atoms with Crippen molar-refractivity contribution in [3.8, 4) is 0 Å². The monoisotopic (exact) mass is 421 g/mol. The molecule has 4 N–H and O–H groups in total. The molecule has 1 aliphatic rings. The fourth-order valence-corrected chi connectivity index (χ4v) is 3.37. The fourth-order valence-electron chi connectivity index (χ4n) is 3.37. The molecular formula is C22H20FN5O3. The Hall–Kier alpha value is -4.01. The van der Waals surface area contributed by atoms with Crippen molar-refractivity contribution in [3.63, 3.8) is 0 Å². The average Bonchev–Trinajstić information content (AvgIpc) is 2.71. The summed E-state index contributed by atoms with van der Waals surface area (Å²) < 4.78 is 14.1. The number of hydrogen-bond acceptors (Lipinski definition) is 5. The molecule has 2 amide bonds. The van der Waals surface area contributed by atoms with Gasteiger partial charge in [0, 0.05) is 12.1 Å². The smallest absolute Gasteiger partial charge is 0.258 e. The van der Waals surface area contributed by atoms with Gasteiger partial charge >= 0.3 is 0 Å². The van der Waals surface area contributed by atoms with Crippen LogP contribution in [0.25, 0.3) is 0 Å². The third-order valence-electron chi connectivity index (χ3n) is 4.96. The van der Waals surface area contributed by atoms with E-state index in [1.165, 1.54) is 12.1 Å². The summed E-state index contributed by atoms with van der Waals surface area (Å²) in [7, 11) is 0. The van der Waals surface area contributed by atoms with Crippen LogP contribution in [0.2, 0.25) is 0 Å². The molecule has 1 atom stereocenters. The summed E-state index contributed by atoms with van der Waals surface area (Å²) in [5.41, 5.74) is 1.91. The lowest BCUT2D eigenvalue weighted by Crippen LogP contribution is -2.36. The van der Waals surface area contributed by atoms with E-state index in [1.54, 1.807) is 13.0 Å². The summed E-state index contributed by atoms with van der Waals surface area (Å²) >= 11 is 0. The number of nitrogens with zero attached hydrogens (tertiary/aromatic N) is 1. The van der Waals surface area contributed by atoms with Crippen LogP contribution in [0.15, 0.2) is 47.3 Å². The van der Waals surface area contributed by atoms with Gasteiger partial charge in [-0.15, -0.1) is 0 Å². The molecule has 2 aromatic carbocycles. The predicted octanol–water partition coefficient (Wildman–Crippen LogP) is 3.33. The summed E-state index contributed by atoms with van der Waals surface area (Å²) in [6.45, 7) is 3.68. The van der Waals surface area contributed by atoms with E-state index in [1.807, 2.05) is 31.2 Å². The quantitative estimate of drug-likeness (QED) is 0.516. The van der Waals surface area contributed by atoms with E-state index in [0.717, 1.165) is 5.56 Å². The Morgan fingerprint density at radius 1 is 1.10 bits per heavy atom. The zero-order valence-corrected chi connectivity index (χ0v) is 16.9. The second kappa shape index (κ2) is 8.02. The third kappa shape index (κ3) is 4.30. The van der Waals surface area contributed by atoms with Crippen LogP contribution in [0.3, 0.4) is 0 Å². The number of carbonyl (C=O) groups excluding carboxylic acids is 2. The van der Waals surface area contributed by atoms with Gasteiger partial charge in [0.15, 0.2) is 0 Å². The summed E-state index contributed by atoms with van der Waals surface area (Å²) in [5, 5.41) is 7.97. The molecule has 0 saturated carbocycles. The first-order valence-electron chi connectivity index (χ1n) is 9.65. The molecule has 1 aliphatic heterocycles. The number of rotatable bonds is 4. The molecule has 9 heteroatoms. The van der Waals surface area contributed by atoms with E-state index >= 15 is 0 Å². The molecular weight excluding hydrogens is 401 g/mol. The molecule has 0 radical (unpaired) electrons. The zero-order valence-electron chi connectivity index (χ0n) is 16.9. The van der Waals surface area contributed by atoms with E-state index < -0.39 is 29.1 Å². The number of carbonyl (C=O) groups is 2. The minimum absolute atomic E-state index is 0.000797. The maximum absolute atomic E-state index is 14.1. The normalized spacial score (nSPS) is 15.1. The second-order valence-electron chi connectivity index (χ2n) is 7.45. The number of anilines is 4. The standard InChI is InChI=1S/C22H20FN5O3/c1-11-3-6-13(7-4-11)24-22-27-19-18(21(31)28-22)14(10-17(29)26-19)20(30)25-16-8-5-12(2)9-15(16)23/h3-9,14H,10H2,1-2H3,(H,25,30)(H3,24,26,27,28,29,31). The van der Waals surface area contributed by atoms with Gasteiger partial charge in [0.05, 0.1) is 17.2 Å². The van der Waals surface area contributed by atoms with E-state index in [9.17, 15) is 18.8 Å². The van der Waals surface area contributed by atoms with Crippen LogP contribution in [0.1, 0.15) is 29.0 Å². The van der Waals surface area contributed by atoms with E-state index in [2.05, 4.69) is 25.9 Å². The maximum atomic E-state index is 14.1. The van der Waals surface area contributed by atoms with Crippen molar-refractivity contribution >= 4 is 35.0 Å². The highest BCUT2D eigenvalue weighted by Crippen LogP contribution is 2.30. The number of aromatic nitrogens is 2.